The van der Waals surface area contributed by atoms with Crippen LogP contribution in [-0.4, -0.2) is 58.6 Å². The molecular weight excluding hydrogens is 606 g/mol. The molecule has 0 radical (unpaired) electrons. The summed E-state index contributed by atoms with van der Waals surface area (Å²) in [4.78, 5) is 57.2. The highest BCUT2D eigenvalue weighted by Gasteiger charge is 2.38. The molecule has 3 amide bonds. The number of aryl methyl sites for hydroxylation is 1. The van der Waals surface area contributed by atoms with Crippen LogP contribution >= 0.6 is 0 Å². The summed E-state index contributed by atoms with van der Waals surface area (Å²) in [5.74, 6) is -1.39. The number of amides is 3. The highest BCUT2D eigenvalue weighted by atomic mass is 16.6. The van der Waals surface area contributed by atoms with Crippen molar-refractivity contribution in [3.05, 3.63) is 71.3 Å². The monoisotopic (exact) mass is 665 g/mol. The lowest BCUT2D eigenvalue weighted by atomic mass is 9.97. The second-order valence-electron chi connectivity index (χ2n) is 14.8. The van der Waals surface area contributed by atoms with Gasteiger partial charge in [-0.05, 0) is 83.4 Å². The molecule has 2 aromatic rings. The maximum absolute atomic E-state index is 14.6. The lowest BCUT2D eigenvalue weighted by Crippen LogP contribution is -2.55. The molecule has 2 rings (SSSR count). The molecule has 2 N–H and O–H groups in total. The zero-order chi connectivity index (χ0) is 36.1. The van der Waals surface area contributed by atoms with Gasteiger partial charge in [0.25, 0.3) is 0 Å². The molecule has 48 heavy (non-hydrogen) atoms. The topological polar surface area (TPSA) is 114 Å². The van der Waals surface area contributed by atoms with Gasteiger partial charge in [-0.15, -0.1) is 0 Å². The molecule has 2 aromatic carbocycles. The largest absolute Gasteiger partial charge is 0.458 e. The molecule has 0 fully saturated rings. The van der Waals surface area contributed by atoms with Crippen molar-refractivity contribution in [2.75, 3.05) is 6.54 Å². The average Bonchev–Trinajstić information content (AvgIpc) is 2.98. The van der Waals surface area contributed by atoms with Crippen LogP contribution in [0.4, 0.5) is 4.79 Å². The lowest BCUT2D eigenvalue weighted by Gasteiger charge is -2.36. The Labute approximate surface area is 288 Å². The molecule has 0 heterocycles. The number of carbonyl (C=O) groups is 4. The van der Waals surface area contributed by atoms with E-state index < -0.39 is 47.3 Å². The first-order chi connectivity index (χ1) is 22.4. The molecule has 0 saturated carbocycles. The fourth-order valence-electron chi connectivity index (χ4n) is 5.32. The molecule has 0 aliphatic heterocycles. The van der Waals surface area contributed by atoms with E-state index >= 15 is 0 Å². The van der Waals surface area contributed by atoms with Crippen molar-refractivity contribution in [2.45, 2.75) is 137 Å². The quantitative estimate of drug-likeness (QED) is 0.144. The third-order valence-corrected chi connectivity index (χ3v) is 7.54. The summed E-state index contributed by atoms with van der Waals surface area (Å²) >= 11 is 0. The zero-order valence-corrected chi connectivity index (χ0v) is 30.9. The first kappa shape index (κ1) is 40.3. The van der Waals surface area contributed by atoms with Gasteiger partial charge < -0.3 is 25.0 Å². The Morgan fingerprint density at radius 2 is 1.35 bits per heavy atom. The van der Waals surface area contributed by atoms with E-state index in [1.165, 1.54) is 0 Å². The van der Waals surface area contributed by atoms with Crippen LogP contribution in [-0.2, 0) is 36.7 Å². The van der Waals surface area contributed by atoms with Crippen molar-refractivity contribution < 1.29 is 28.7 Å². The Hall–Kier alpha value is -3.88. The molecule has 0 spiro atoms. The van der Waals surface area contributed by atoms with E-state index in [-0.39, 0.29) is 24.8 Å². The summed E-state index contributed by atoms with van der Waals surface area (Å²) in [6.07, 6.45) is 3.08. The van der Waals surface area contributed by atoms with Crippen molar-refractivity contribution in [2.24, 2.45) is 5.92 Å². The summed E-state index contributed by atoms with van der Waals surface area (Å²) in [5, 5.41) is 5.77. The molecule has 9 heteroatoms. The van der Waals surface area contributed by atoms with Crippen LogP contribution in [0.25, 0.3) is 0 Å². The number of rotatable bonds is 16. The minimum absolute atomic E-state index is 0.0601. The number of benzene rings is 2. The Morgan fingerprint density at radius 3 is 1.88 bits per heavy atom. The smallest absolute Gasteiger partial charge is 0.408 e. The standard InChI is InChI=1S/C39H59N3O6/c1-11-13-17-24-42(35(44)31(25-27(3)4)41-37(46)48-39(8,9)10)33(30-22-20-28(12-2)21-23-30)34(43)40-32(36(45)47-38(5,6)7)26-29-18-15-14-16-19-29/h14-16,18-23,27,31-33H,11-13,17,24-26H2,1-10H3,(H,40,43)(H,41,46). The van der Waals surface area contributed by atoms with Gasteiger partial charge in [0.15, 0.2) is 0 Å². The second-order valence-corrected chi connectivity index (χ2v) is 14.8. The number of ether oxygens (including phenoxy) is 2. The van der Waals surface area contributed by atoms with Crippen molar-refractivity contribution in [1.29, 1.82) is 0 Å². The van der Waals surface area contributed by atoms with Gasteiger partial charge in [0.2, 0.25) is 11.8 Å². The fraction of sp³-hybridized carbons (Fsp3) is 0.590. The van der Waals surface area contributed by atoms with E-state index in [0.29, 0.717) is 18.4 Å². The highest BCUT2D eigenvalue weighted by molar-refractivity contribution is 5.94. The number of hydrogen-bond acceptors (Lipinski definition) is 6. The van der Waals surface area contributed by atoms with Gasteiger partial charge in [-0.3, -0.25) is 9.59 Å². The Balaban J connectivity index is 2.64. The van der Waals surface area contributed by atoms with Crippen LogP contribution in [0.5, 0.6) is 0 Å². The normalized spacial score (nSPS) is 13.6. The summed E-state index contributed by atoms with van der Waals surface area (Å²) in [5.41, 5.74) is 1.02. The number of nitrogens with one attached hydrogen (secondary N) is 2. The highest BCUT2D eigenvalue weighted by Crippen LogP contribution is 2.26. The summed E-state index contributed by atoms with van der Waals surface area (Å²) < 4.78 is 11.3. The second kappa shape index (κ2) is 18.6. The summed E-state index contributed by atoms with van der Waals surface area (Å²) in [6.45, 7) is 19.0. The van der Waals surface area contributed by atoms with Crippen molar-refractivity contribution in [3.8, 4) is 0 Å². The summed E-state index contributed by atoms with van der Waals surface area (Å²) in [6, 6.07) is 14.0. The molecular formula is C39H59N3O6. The zero-order valence-electron chi connectivity index (χ0n) is 30.9. The van der Waals surface area contributed by atoms with E-state index in [1.807, 2.05) is 75.4 Å². The minimum atomic E-state index is -1.07. The number of carbonyl (C=O) groups excluding carboxylic acids is 4. The molecule has 0 aromatic heterocycles. The maximum Gasteiger partial charge on any atom is 0.408 e. The van der Waals surface area contributed by atoms with Crippen LogP contribution in [0.2, 0.25) is 0 Å². The minimum Gasteiger partial charge on any atom is -0.458 e. The van der Waals surface area contributed by atoms with Crippen LogP contribution in [0.15, 0.2) is 54.6 Å². The molecule has 266 valence electrons. The first-order valence-corrected chi connectivity index (χ1v) is 17.4. The fourth-order valence-corrected chi connectivity index (χ4v) is 5.32. The third kappa shape index (κ3) is 14.1. The number of hydrogen-bond donors (Lipinski definition) is 2. The molecule has 0 aliphatic rings. The first-order valence-electron chi connectivity index (χ1n) is 17.4. The van der Waals surface area contributed by atoms with Crippen LogP contribution in [0.3, 0.4) is 0 Å². The Bertz CT molecular complexity index is 1310. The van der Waals surface area contributed by atoms with E-state index in [1.54, 1.807) is 46.4 Å². The van der Waals surface area contributed by atoms with Crippen LogP contribution in [0, 0.1) is 5.92 Å². The molecule has 0 bridgehead atoms. The lowest BCUT2D eigenvalue weighted by molar-refractivity contribution is -0.159. The van der Waals surface area contributed by atoms with E-state index in [9.17, 15) is 19.2 Å². The predicted octanol–water partition coefficient (Wildman–Crippen LogP) is 7.32. The average molecular weight is 666 g/mol. The number of alkyl carbamates (subject to hydrolysis) is 1. The Morgan fingerprint density at radius 1 is 0.750 bits per heavy atom. The molecule has 9 nitrogen and oxygen atoms in total. The van der Waals surface area contributed by atoms with Gasteiger partial charge >= 0.3 is 12.1 Å². The van der Waals surface area contributed by atoms with E-state index in [2.05, 4.69) is 17.6 Å². The molecule has 0 saturated heterocycles. The van der Waals surface area contributed by atoms with Gasteiger partial charge in [-0.25, -0.2) is 9.59 Å². The van der Waals surface area contributed by atoms with Gasteiger partial charge in [0.1, 0.15) is 29.3 Å². The SMILES string of the molecule is CCCCCN(C(=O)C(CC(C)C)NC(=O)OC(C)(C)C)C(C(=O)NC(Cc1ccccc1)C(=O)OC(C)(C)C)c1ccc(CC)cc1. The Kier molecular flexibility index (Phi) is 15.6. The van der Waals surface area contributed by atoms with E-state index in [0.717, 1.165) is 30.4 Å². The van der Waals surface area contributed by atoms with Gasteiger partial charge in [0, 0.05) is 13.0 Å². The van der Waals surface area contributed by atoms with Crippen molar-refractivity contribution in [3.63, 3.8) is 0 Å². The molecule has 0 aliphatic carbocycles. The van der Waals surface area contributed by atoms with Gasteiger partial charge in [0.05, 0.1) is 0 Å². The number of unbranched alkanes of at least 4 members (excludes halogenated alkanes) is 2. The number of nitrogens with zero attached hydrogens (tertiary/aromatic N) is 1. The third-order valence-electron chi connectivity index (χ3n) is 7.54. The predicted molar refractivity (Wildman–Crippen MR) is 190 cm³/mol. The molecule has 3 atom stereocenters. The van der Waals surface area contributed by atoms with Crippen molar-refractivity contribution >= 4 is 23.9 Å². The molecule has 3 unspecified atom stereocenters. The van der Waals surface area contributed by atoms with Crippen molar-refractivity contribution in [1.82, 2.24) is 15.5 Å². The maximum atomic E-state index is 14.6. The van der Waals surface area contributed by atoms with Crippen LogP contribution in [0.1, 0.15) is 118 Å². The van der Waals surface area contributed by atoms with Gasteiger partial charge in [-0.1, -0.05) is 95.1 Å². The van der Waals surface area contributed by atoms with Crippen LogP contribution < -0.4 is 10.6 Å². The summed E-state index contributed by atoms with van der Waals surface area (Å²) in [7, 11) is 0. The number of esters is 1. The van der Waals surface area contributed by atoms with E-state index in [4.69, 9.17) is 9.47 Å². The van der Waals surface area contributed by atoms with Gasteiger partial charge in [-0.2, -0.15) is 0 Å².